The molecule has 1 aliphatic carbocycles. The third-order valence-electron chi connectivity index (χ3n) is 6.18. The maximum Gasteiger partial charge on any atom is 0.255 e. The first-order chi connectivity index (χ1) is 15.1. The summed E-state index contributed by atoms with van der Waals surface area (Å²) in [5.41, 5.74) is 4.36. The van der Waals surface area contributed by atoms with E-state index in [9.17, 15) is 9.18 Å². The van der Waals surface area contributed by atoms with Gasteiger partial charge in [0, 0.05) is 35.1 Å². The first kappa shape index (κ1) is 20.0. The van der Waals surface area contributed by atoms with Gasteiger partial charge in [0.05, 0.1) is 17.7 Å². The molecule has 7 heteroatoms. The minimum Gasteiger partial charge on any atom is -0.493 e. The predicted molar refractivity (Wildman–Crippen MR) is 118 cm³/mol. The van der Waals surface area contributed by atoms with Crippen LogP contribution in [-0.2, 0) is 0 Å². The molecule has 1 aromatic carbocycles. The van der Waals surface area contributed by atoms with Gasteiger partial charge in [0.2, 0.25) is 0 Å². The monoisotopic (exact) mass is 422 g/mol. The minimum absolute atomic E-state index is 0.107. The van der Waals surface area contributed by atoms with Crippen molar-refractivity contribution in [1.82, 2.24) is 20.6 Å². The summed E-state index contributed by atoms with van der Waals surface area (Å²) in [6, 6.07) is 6.65. The summed E-state index contributed by atoms with van der Waals surface area (Å²) in [6.45, 7) is 4.30. The normalized spacial score (nSPS) is 17.1. The van der Waals surface area contributed by atoms with Gasteiger partial charge in [-0.05, 0) is 69.8 Å². The lowest BCUT2D eigenvalue weighted by Gasteiger charge is -2.23. The van der Waals surface area contributed by atoms with Gasteiger partial charge in [0.1, 0.15) is 17.1 Å². The van der Waals surface area contributed by atoms with Crippen LogP contribution in [0, 0.1) is 18.7 Å². The fourth-order valence-corrected chi connectivity index (χ4v) is 4.26. The Bertz CT molecular complexity index is 1120. The zero-order valence-electron chi connectivity index (χ0n) is 17.6. The number of nitrogens with zero attached hydrogens (tertiary/aromatic N) is 1. The number of amides is 1. The molecule has 31 heavy (non-hydrogen) atoms. The molecule has 1 amide bonds. The summed E-state index contributed by atoms with van der Waals surface area (Å²) >= 11 is 0. The van der Waals surface area contributed by atoms with Crippen molar-refractivity contribution < 1.29 is 13.9 Å². The molecule has 1 saturated heterocycles. The van der Waals surface area contributed by atoms with Crippen LogP contribution < -0.4 is 15.4 Å². The SMILES string of the molecule is Cc1[nH]c2c(-c3ccc(F)cc3OCC3CC3)ccnc2c1C(=O)NC1CCNCC1. The van der Waals surface area contributed by atoms with Gasteiger partial charge < -0.3 is 20.4 Å². The van der Waals surface area contributed by atoms with E-state index < -0.39 is 0 Å². The summed E-state index contributed by atoms with van der Waals surface area (Å²) in [6.07, 6.45) is 5.86. The molecule has 5 rings (SSSR count). The lowest BCUT2D eigenvalue weighted by Crippen LogP contribution is -2.42. The van der Waals surface area contributed by atoms with Crippen LogP contribution in [-0.4, -0.2) is 41.6 Å². The second kappa shape index (κ2) is 8.30. The molecule has 0 atom stereocenters. The Balaban J connectivity index is 1.51. The van der Waals surface area contributed by atoms with Crippen molar-refractivity contribution in [3.8, 4) is 16.9 Å². The molecule has 0 radical (unpaired) electrons. The molecule has 3 aromatic rings. The highest BCUT2D eigenvalue weighted by atomic mass is 19.1. The highest BCUT2D eigenvalue weighted by molar-refractivity contribution is 6.09. The van der Waals surface area contributed by atoms with Crippen molar-refractivity contribution in [2.75, 3.05) is 19.7 Å². The van der Waals surface area contributed by atoms with Crippen LogP contribution in [0.25, 0.3) is 22.2 Å². The summed E-state index contributed by atoms with van der Waals surface area (Å²) in [7, 11) is 0. The van der Waals surface area contributed by atoms with Crippen LogP contribution >= 0.6 is 0 Å². The van der Waals surface area contributed by atoms with Gasteiger partial charge >= 0.3 is 0 Å². The molecule has 2 aromatic heterocycles. The van der Waals surface area contributed by atoms with Gasteiger partial charge in [0.25, 0.3) is 5.91 Å². The first-order valence-electron chi connectivity index (χ1n) is 11.0. The number of aryl methyl sites for hydroxylation is 1. The number of H-pyrrole nitrogens is 1. The molecular weight excluding hydrogens is 395 g/mol. The van der Waals surface area contributed by atoms with Crippen molar-refractivity contribution in [2.24, 2.45) is 5.92 Å². The summed E-state index contributed by atoms with van der Waals surface area (Å²) in [4.78, 5) is 20.9. The number of halogens is 1. The smallest absolute Gasteiger partial charge is 0.255 e. The molecule has 1 saturated carbocycles. The number of pyridine rings is 1. The molecule has 162 valence electrons. The Morgan fingerprint density at radius 1 is 1.19 bits per heavy atom. The van der Waals surface area contributed by atoms with Crippen molar-refractivity contribution >= 4 is 16.9 Å². The second-order valence-corrected chi connectivity index (χ2v) is 8.60. The number of hydrogen-bond donors (Lipinski definition) is 3. The topological polar surface area (TPSA) is 79.0 Å². The highest BCUT2D eigenvalue weighted by Crippen LogP contribution is 2.37. The molecule has 2 aliphatic rings. The number of piperidine rings is 1. The van der Waals surface area contributed by atoms with Gasteiger partial charge in [-0.3, -0.25) is 9.78 Å². The van der Waals surface area contributed by atoms with Crippen molar-refractivity contribution in [3.05, 3.63) is 47.5 Å². The van der Waals surface area contributed by atoms with Gasteiger partial charge in [-0.2, -0.15) is 0 Å². The van der Waals surface area contributed by atoms with E-state index in [1.54, 1.807) is 12.3 Å². The van der Waals surface area contributed by atoms with Crippen molar-refractivity contribution in [1.29, 1.82) is 0 Å². The van der Waals surface area contributed by atoms with E-state index in [0.717, 1.165) is 61.1 Å². The van der Waals surface area contributed by atoms with Crippen LogP contribution in [0.1, 0.15) is 41.7 Å². The summed E-state index contributed by atoms with van der Waals surface area (Å²) in [5.74, 6) is 0.646. The van der Waals surface area contributed by atoms with Crippen LogP contribution in [0.5, 0.6) is 5.75 Å². The van der Waals surface area contributed by atoms with E-state index in [1.165, 1.54) is 12.1 Å². The summed E-state index contributed by atoms with van der Waals surface area (Å²) in [5, 5.41) is 6.47. The molecule has 6 nitrogen and oxygen atoms in total. The minimum atomic E-state index is -0.329. The Morgan fingerprint density at radius 3 is 2.77 bits per heavy atom. The number of aromatic amines is 1. The highest BCUT2D eigenvalue weighted by Gasteiger charge is 2.25. The Hall–Kier alpha value is -2.93. The summed E-state index contributed by atoms with van der Waals surface area (Å²) < 4.78 is 19.9. The van der Waals surface area contributed by atoms with E-state index >= 15 is 0 Å². The predicted octanol–water partition coefficient (Wildman–Crippen LogP) is 3.95. The van der Waals surface area contributed by atoms with E-state index in [2.05, 4.69) is 20.6 Å². The molecule has 1 aliphatic heterocycles. The van der Waals surface area contributed by atoms with Gasteiger partial charge in [-0.15, -0.1) is 0 Å². The Labute approximate surface area is 180 Å². The fraction of sp³-hybridized carbons (Fsp3) is 0.417. The quantitative estimate of drug-likeness (QED) is 0.562. The van der Waals surface area contributed by atoms with Crippen LogP contribution in [0.3, 0.4) is 0 Å². The standard InChI is InChI=1S/C24H27FN4O2/c1-14-21(24(30)29-17-6-9-26-10-7-17)23-22(28-14)19(8-11-27-23)18-5-4-16(25)12-20(18)31-13-15-2-3-15/h4-5,8,11-12,15,17,26,28H,2-3,6-7,9-10,13H2,1H3,(H,29,30). The average molecular weight is 423 g/mol. The Morgan fingerprint density at radius 2 is 2.00 bits per heavy atom. The van der Waals surface area contributed by atoms with Gasteiger partial charge in [0.15, 0.2) is 0 Å². The third kappa shape index (κ3) is 4.14. The number of carbonyl (C=O) groups is 1. The number of hydrogen-bond acceptors (Lipinski definition) is 4. The van der Waals surface area contributed by atoms with Crippen molar-refractivity contribution in [2.45, 2.75) is 38.6 Å². The molecule has 3 N–H and O–H groups in total. The zero-order valence-corrected chi connectivity index (χ0v) is 17.6. The number of fused-ring (bicyclic) bond motifs is 1. The van der Waals surface area contributed by atoms with Crippen molar-refractivity contribution in [3.63, 3.8) is 0 Å². The number of aromatic nitrogens is 2. The zero-order chi connectivity index (χ0) is 21.4. The van der Waals surface area contributed by atoms with Crippen LogP contribution in [0.15, 0.2) is 30.5 Å². The first-order valence-corrected chi connectivity index (χ1v) is 11.0. The second-order valence-electron chi connectivity index (χ2n) is 8.60. The maximum absolute atomic E-state index is 14.0. The van der Waals surface area contributed by atoms with Crippen LogP contribution in [0.4, 0.5) is 4.39 Å². The molecule has 3 heterocycles. The lowest BCUT2D eigenvalue weighted by molar-refractivity contribution is 0.0930. The fourth-order valence-electron chi connectivity index (χ4n) is 4.26. The number of nitrogens with one attached hydrogen (secondary N) is 3. The van der Waals surface area contributed by atoms with E-state index in [-0.39, 0.29) is 17.8 Å². The molecular formula is C24H27FN4O2. The number of carbonyl (C=O) groups excluding carboxylic acids is 1. The average Bonchev–Trinajstić information content (AvgIpc) is 3.53. The van der Waals surface area contributed by atoms with E-state index in [0.29, 0.717) is 29.4 Å². The molecule has 0 bridgehead atoms. The molecule has 2 fully saturated rings. The number of rotatable bonds is 6. The van der Waals surface area contributed by atoms with Crippen LogP contribution in [0.2, 0.25) is 0 Å². The maximum atomic E-state index is 14.0. The lowest BCUT2D eigenvalue weighted by atomic mass is 10.0. The largest absolute Gasteiger partial charge is 0.493 e. The molecule has 0 unspecified atom stereocenters. The molecule has 0 spiro atoms. The number of benzene rings is 1. The number of ether oxygens (including phenoxy) is 1. The Kier molecular flexibility index (Phi) is 5.36. The van der Waals surface area contributed by atoms with E-state index in [4.69, 9.17) is 4.74 Å². The van der Waals surface area contributed by atoms with Gasteiger partial charge in [-0.1, -0.05) is 0 Å². The van der Waals surface area contributed by atoms with E-state index in [1.807, 2.05) is 13.0 Å². The van der Waals surface area contributed by atoms with Gasteiger partial charge in [-0.25, -0.2) is 4.39 Å². The third-order valence-corrected chi connectivity index (χ3v) is 6.18.